The summed E-state index contributed by atoms with van der Waals surface area (Å²) in [7, 11) is 0. The molecule has 1 saturated heterocycles. The minimum absolute atomic E-state index is 0.0983. The highest BCUT2D eigenvalue weighted by atomic mass is 16.1. The maximum Gasteiger partial charge on any atom is 0.266 e. The smallest absolute Gasteiger partial charge is 0.266 e. The van der Waals surface area contributed by atoms with Gasteiger partial charge in [0.05, 0.1) is 17.6 Å². The van der Waals surface area contributed by atoms with Crippen molar-refractivity contribution in [3.05, 3.63) is 58.5 Å². The standard InChI is InChI=1S/C19H20N8O/c1-12-7-13(2)27(23-12)16-3-4-17(28)26(24-16)10-14-8-25(9-14)19-15-5-6-20-18(15)21-11-22-19/h3-7,11,14H,8-10H2,1-2H3,(H,20,21,22). The lowest BCUT2D eigenvalue weighted by atomic mass is 10.00. The van der Waals surface area contributed by atoms with Crippen LogP contribution in [0.25, 0.3) is 16.9 Å². The van der Waals surface area contributed by atoms with E-state index in [0.717, 1.165) is 41.3 Å². The number of aromatic nitrogens is 7. The lowest BCUT2D eigenvalue weighted by Crippen LogP contribution is -2.50. The fourth-order valence-electron chi connectivity index (χ4n) is 3.76. The number of H-pyrrole nitrogens is 1. The molecule has 1 N–H and O–H groups in total. The SMILES string of the molecule is Cc1cc(C)n(-c2ccc(=O)n(CC3CN(c4ncnc5[nH]ccc45)C3)n2)n1. The predicted octanol–water partition coefficient (Wildman–Crippen LogP) is 1.45. The monoisotopic (exact) mass is 376 g/mol. The molecule has 0 saturated carbocycles. The van der Waals surface area contributed by atoms with Crippen molar-refractivity contribution in [1.29, 1.82) is 0 Å². The van der Waals surface area contributed by atoms with E-state index in [2.05, 4.69) is 30.0 Å². The predicted molar refractivity (Wildman–Crippen MR) is 105 cm³/mol. The second-order valence-corrected chi connectivity index (χ2v) is 7.26. The Morgan fingerprint density at radius 3 is 2.79 bits per heavy atom. The molecule has 1 aliphatic heterocycles. The molecule has 9 nitrogen and oxygen atoms in total. The zero-order valence-electron chi connectivity index (χ0n) is 15.7. The van der Waals surface area contributed by atoms with E-state index >= 15 is 0 Å². The number of fused-ring (bicyclic) bond motifs is 1. The molecular weight excluding hydrogens is 356 g/mol. The molecule has 0 spiro atoms. The first-order valence-corrected chi connectivity index (χ1v) is 9.23. The molecule has 0 radical (unpaired) electrons. The Bertz CT molecular complexity index is 1210. The Morgan fingerprint density at radius 1 is 1.14 bits per heavy atom. The molecule has 5 heterocycles. The lowest BCUT2D eigenvalue weighted by molar-refractivity contribution is 0.332. The maximum absolute atomic E-state index is 12.3. The van der Waals surface area contributed by atoms with Crippen molar-refractivity contribution in [2.24, 2.45) is 5.92 Å². The summed E-state index contributed by atoms with van der Waals surface area (Å²) in [6.45, 7) is 6.15. The number of nitrogens with one attached hydrogen (secondary N) is 1. The van der Waals surface area contributed by atoms with Gasteiger partial charge in [-0.3, -0.25) is 4.79 Å². The Balaban J connectivity index is 1.34. The molecule has 0 aliphatic carbocycles. The fraction of sp³-hybridized carbons (Fsp3) is 0.316. The molecule has 0 bridgehead atoms. The summed E-state index contributed by atoms with van der Waals surface area (Å²) in [6.07, 6.45) is 3.44. The van der Waals surface area contributed by atoms with E-state index in [9.17, 15) is 4.79 Å². The van der Waals surface area contributed by atoms with E-state index in [1.54, 1.807) is 27.8 Å². The first-order chi connectivity index (χ1) is 13.6. The van der Waals surface area contributed by atoms with E-state index in [-0.39, 0.29) is 5.56 Å². The Hall–Kier alpha value is -3.49. The van der Waals surface area contributed by atoms with Crippen molar-refractivity contribution in [2.75, 3.05) is 18.0 Å². The number of rotatable bonds is 4. The van der Waals surface area contributed by atoms with E-state index in [0.29, 0.717) is 18.3 Å². The van der Waals surface area contributed by atoms with Gasteiger partial charge in [0.15, 0.2) is 5.82 Å². The molecule has 1 aliphatic rings. The highest BCUT2D eigenvalue weighted by Crippen LogP contribution is 2.28. The summed E-state index contributed by atoms with van der Waals surface area (Å²) >= 11 is 0. The molecule has 4 aromatic rings. The number of nitrogens with zero attached hydrogens (tertiary/aromatic N) is 7. The molecule has 142 valence electrons. The van der Waals surface area contributed by atoms with Gasteiger partial charge in [-0.05, 0) is 32.0 Å². The molecular formula is C19H20N8O. The number of aryl methyl sites for hydroxylation is 2. The van der Waals surface area contributed by atoms with Gasteiger partial charge in [0.25, 0.3) is 5.56 Å². The van der Waals surface area contributed by atoms with Crippen LogP contribution in [0.2, 0.25) is 0 Å². The normalized spacial score (nSPS) is 14.6. The van der Waals surface area contributed by atoms with Crippen molar-refractivity contribution in [1.82, 2.24) is 34.5 Å². The molecule has 0 aromatic carbocycles. The van der Waals surface area contributed by atoms with Crippen LogP contribution in [-0.2, 0) is 6.54 Å². The van der Waals surface area contributed by atoms with Crippen molar-refractivity contribution in [2.45, 2.75) is 20.4 Å². The molecule has 0 atom stereocenters. The Morgan fingerprint density at radius 2 is 2.00 bits per heavy atom. The third kappa shape index (κ3) is 2.75. The fourth-order valence-corrected chi connectivity index (χ4v) is 3.76. The summed E-state index contributed by atoms with van der Waals surface area (Å²) in [5, 5.41) is 10.0. The number of anilines is 1. The van der Waals surface area contributed by atoms with Crippen LogP contribution in [0.15, 0.2) is 41.6 Å². The summed E-state index contributed by atoms with van der Waals surface area (Å²) < 4.78 is 3.31. The molecule has 1 fully saturated rings. The zero-order chi connectivity index (χ0) is 19.3. The van der Waals surface area contributed by atoms with Gasteiger partial charge in [-0.25, -0.2) is 19.3 Å². The van der Waals surface area contributed by atoms with Gasteiger partial charge < -0.3 is 9.88 Å². The van der Waals surface area contributed by atoms with E-state index < -0.39 is 0 Å². The first kappa shape index (κ1) is 16.7. The van der Waals surface area contributed by atoms with Crippen molar-refractivity contribution >= 4 is 16.9 Å². The maximum atomic E-state index is 12.3. The van der Waals surface area contributed by atoms with Crippen LogP contribution >= 0.6 is 0 Å². The van der Waals surface area contributed by atoms with Crippen LogP contribution in [0.5, 0.6) is 0 Å². The van der Waals surface area contributed by atoms with Crippen molar-refractivity contribution in [3.63, 3.8) is 0 Å². The highest BCUT2D eigenvalue weighted by Gasteiger charge is 2.30. The minimum atomic E-state index is -0.0983. The third-order valence-corrected chi connectivity index (χ3v) is 5.10. The summed E-state index contributed by atoms with van der Waals surface area (Å²) in [5.41, 5.74) is 2.65. The Labute approximate surface area is 160 Å². The van der Waals surface area contributed by atoms with Gasteiger partial charge in [-0.2, -0.15) is 5.10 Å². The minimum Gasteiger partial charge on any atom is -0.355 e. The molecule has 28 heavy (non-hydrogen) atoms. The van der Waals surface area contributed by atoms with Gasteiger partial charge in [-0.15, -0.1) is 5.10 Å². The average molecular weight is 376 g/mol. The molecule has 5 rings (SSSR count). The van der Waals surface area contributed by atoms with Gasteiger partial charge in [0.1, 0.15) is 17.8 Å². The van der Waals surface area contributed by atoms with Gasteiger partial charge in [0.2, 0.25) is 0 Å². The second kappa shape index (κ2) is 6.29. The van der Waals surface area contributed by atoms with Crippen LogP contribution in [-0.4, -0.2) is 47.6 Å². The summed E-state index contributed by atoms with van der Waals surface area (Å²) in [4.78, 5) is 26.3. The van der Waals surface area contributed by atoms with Crippen LogP contribution < -0.4 is 10.5 Å². The second-order valence-electron chi connectivity index (χ2n) is 7.26. The van der Waals surface area contributed by atoms with Crippen LogP contribution in [0.3, 0.4) is 0 Å². The van der Waals surface area contributed by atoms with Crippen molar-refractivity contribution in [3.8, 4) is 5.82 Å². The van der Waals surface area contributed by atoms with Crippen LogP contribution in [0, 0.1) is 19.8 Å². The lowest BCUT2D eigenvalue weighted by Gasteiger charge is -2.40. The van der Waals surface area contributed by atoms with Crippen LogP contribution in [0.1, 0.15) is 11.4 Å². The number of aromatic amines is 1. The van der Waals surface area contributed by atoms with Crippen LogP contribution in [0.4, 0.5) is 5.82 Å². The van der Waals surface area contributed by atoms with Crippen molar-refractivity contribution < 1.29 is 0 Å². The van der Waals surface area contributed by atoms with E-state index in [4.69, 9.17) is 0 Å². The molecule has 4 aromatic heterocycles. The third-order valence-electron chi connectivity index (χ3n) is 5.10. The van der Waals surface area contributed by atoms with Gasteiger partial charge >= 0.3 is 0 Å². The number of hydrogen-bond acceptors (Lipinski definition) is 6. The van der Waals surface area contributed by atoms with E-state index in [1.165, 1.54) is 0 Å². The Kier molecular flexibility index (Phi) is 3.75. The molecule has 0 amide bonds. The topological polar surface area (TPSA) is 97.5 Å². The van der Waals surface area contributed by atoms with Gasteiger partial charge in [-0.1, -0.05) is 0 Å². The van der Waals surface area contributed by atoms with Gasteiger partial charge in [0, 0.05) is 37.0 Å². The first-order valence-electron chi connectivity index (χ1n) is 9.23. The highest BCUT2D eigenvalue weighted by molar-refractivity contribution is 5.87. The molecule has 0 unspecified atom stereocenters. The number of hydrogen-bond donors (Lipinski definition) is 1. The summed E-state index contributed by atoms with van der Waals surface area (Å²) in [5.74, 6) is 1.93. The average Bonchev–Trinajstić information content (AvgIpc) is 3.25. The quantitative estimate of drug-likeness (QED) is 0.579. The largest absolute Gasteiger partial charge is 0.355 e. The molecule has 9 heteroatoms. The van der Waals surface area contributed by atoms with E-state index in [1.807, 2.05) is 32.2 Å². The zero-order valence-corrected chi connectivity index (χ0v) is 15.7. The summed E-state index contributed by atoms with van der Waals surface area (Å²) in [6, 6.07) is 7.25.